The van der Waals surface area contributed by atoms with Gasteiger partial charge in [0.1, 0.15) is 0 Å². The second-order valence-corrected chi connectivity index (χ2v) is 5.30. The number of imide groups is 1. The van der Waals surface area contributed by atoms with E-state index < -0.39 is 23.9 Å². The highest BCUT2D eigenvalue weighted by atomic mass is 17.3. The summed E-state index contributed by atoms with van der Waals surface area (Å²) in [6, 6.07) is 6.25. The Balaban J connectivity index is 1.93. The van der Waals surface area contributed by atoms with Crippen LogP contribution in [0.15, 0.2) is 24.3 Å². The SMILES string of the molecule is CCCCCCC(OON1C(=O)c2ccccc2C1=O)C(=O)O. The first kappa shape index (κ1) is 17.1. The van der Waals surface area contributed by atoms with Gasteiger partial charge in [-0.15, -0.1) is 5.06 Å². The Morgan fingerprint density at radius 1 is 1.13 bits per heavy atom. The maximum atomic E-state index is 12.0. The Labute approximate surface area is 133 Å². The first-order chi connectivity index (χ1) is 11.1. The van der Waals surface area contributed by atoms with Crippen molar-refractivity contribution in [3.63, 3.8) is 0 Å². The number of nitrogens with zero attached hydrogens (tertiary/aromatic N) is 1. The van der Waals surface area contributed by atoms with Gasteiger partial charge in [0.2, 0.25) is 0 Å². The molecule has 0 radical (unpaired) electrons. The lowest BCUT2D eigenvalue weighted by atomic mass is 10.1. The van der Waals surface area contributed by atoms with E-state index in [1.807, 2.05) is 0 Å². The number of aliphatic carboxylic acids is 1. The Hall–Kier alpha value is -2.25. The Kier molecular flexibility index (Phi) is 5.84. The van der Waals surface area contributed by atoms with Gasteiger partial charge in [-0.1, -0.05) is 49.7 Å². The number of carbonyl (C=O) groups is 3. The Morgan fingerprint density at radius 2 is 1.74 bits per heavy atom. The van der Waals surface area contributed by atoms with Crippen LogP contribution in [0, 0.1) is 0 Å². The average molecular weight is 321 g/mol. The number of unbranched alkanes of at least 4 members (excludes halogenated alkanes) is 3. The molecule has 0 aliphatic carbocycles. The zero-order valence-corrected chi connectivity index (χ0v) is 12.9. The molecule has 124 valence electrons. The van der Waals surface area contributed by atoms with E-state index in [-0.39, 0.29) is 17.5 Å². The molecule has 0 saturated carbocycles. The molecule has 0 fully saturated rings. The smallest absolute Gasteiger partial charge is 0.336 e. The second-order valence-electron chi connectivity index (χ2n) is 5.30. The van der Waals surface area contributed by atoms with Crippen LogP contribution in [0.3, 0.4) is 0 Å². The van der Waals surface area contributed by atoms with Crippen LogP contribution in [0.1, 0.15) is 59.7 Å². The molecule has 1 heterocycles. The number of carbonyl (C=O) groups excluding carboxylic acids is 2. The molecular weight excluding hydrogens is 302 g/mol. The summed E-state index contributed by atoms with van der Waals surface area (Å²) in [6.07, 6.45) is 2.61. The molecular formula is C16H19NO6. The number of rotatable bonds is 9. The van der Waals surface area contributed by atoms with Crippen molar-refractivity contribution in [1.82, 2.24) is 5.06 Å². The van der Waals surface area contributed by atoms with E-state index in [1.165, 1.54) is 12.1 Å². The highest BCUT2D eigenvalue weighted by Gasteiger charge is 2.38. The number of fused-ring (bicyclic) bond motifs is 1. The van der Waals surface area contributed by atoms with E-state index in [9.17, 15) is 14.4 Å². The first-order valence-electron chi connectivity index (χ1n) is 7.60. The van der Waals surface area contributed by atoms with Gasteiger partial charge in [0.15, 0.2) is 6.10 Å². The summed E-state index contributed by atoms with van der Waals surface area (Å²) in [5, 5.41) is 9.57. The number of hydrogen-bond acceptors (Lipinski definition) is 5. The summed E-state index contributed by atoms with van der Waals surface area (Å²) in [5.74, 6) is -2.53. The molecule has 1 aliphatic heterocycles. The molecule has 1 aromatic carbocycles. The monoisotopic (exact) mass is 321 g/mol. The fraction of sp³-hybridized carbons (Fsp3) is 0.438. The van der Waals surface area contributed by atoms with Crippen LogP contribution < -0.4 is 0 Å². The van der Waals surface area contributed by atoms with E-state index >= 15 is 0 Å². The van der Waals surface area contributed by atoms with Crippen LogP contribution in [0.2, 0.25) is 0 Å². The number of carboxylic acids is 1. The zero-order valence-electron chi connectivity index (χ0n) is 12.9. The van der Waals surface area contributed by atoms with E-state index in [0.717, 1.165) is 19.3 Å². The fourth-order valence-electron chi connectivity index (χ4n) is 2.30. The van der Waals surface area contributed by atoms with Crippen LogP contribution in [0.25, 0.3) is 0 Å². The van der Waals surface area contributed by atoms with Crippen LogP contribution >= 0.6 is 0 Å². The fourth-order valence-corrected chi connectivity index (χ4v) is 2.30. The standard InChI is InChI=1S/C16H19NO6/c1-2-3-4-5-10-13(16(20)21)22-23-17-14(18)11-8-6-7-9-12(11)15(17)19/h6-9,13H,2-5,10H2,1H3,(H,20,21). The minimum atomic E-state index is -1.23. The van der Waals surface area contributed by atoms with Gasteiger partial charge in [0.05, 0.1) is 11.1 Å². The molecule has 7 heteroatoms. The van der Waals surface area contributed by atoms with Gasteiger partial charge in [-0.2, -0.15) is 4.89 Å². The van der Waals surface area contributed by atoms with Crippen molar-refractivity contribution in [3.8, 4) is 0 Å². The molecule has 1 aliphatic rings. The van der Waals surface area contributed by atoms with Crippen molar-refractivity contribution in [2.45, 2.75) is 45.1 Å². The van der Waals surface area contributed by atoms with Gasteiger partial charge in [0.25, 0.3) is 11.8 Å². The summed E-state index contributed by atoms with van der Waals surface area (Å²) in [5.41, 5.74) is 0.409. The Bertz CT molecular complexity index is 565. The number of amides is 2. The van der Waals surface area contributed by atoms with E-state index in [0.29, 0.717) is 11.5 Å². The van der Waals surface area contributed by atoms with Gasteiger partial charge in [0, 0.05) is 0 Å². The summed E-state index contributed by atoms with van der Waals surface area (Å²) >= 11 is 0. The molecule has 7 nitrogen and oxygen atoms in total. The van der Waals surface area contributed by atoms with Gasteiger partial charge in [-0.3, -0.25) is 9.59 Å². The lowest BCUT2D eigenvalue weighted by Gasteiger charge is -2.16. The molecule has 0 aromatic heterocycles. The summed E-state index contributed by atoms with van der Waals surface area (Å²) in [4.78, 5) is 44.8. The van der Waals surface area contributed by atoms with Crippen molar-refractivity contribution in [3.05, 3.63) is 35.4 Å². The molecule has 1 N–H and O–H groups in total. The van der Waals surface area contributed by atoms with E-state index in [4.69, 9.17) is 15.0 Å². The second kappa shape index (κ2) is 7.85. The topological polar surface area (TPSA) is 93.1 Å². The van der Waals surface area contributed by atoms with Gasteiger partial charge >= 0.3 is 5.97 Å². The number of hydroxylamine groups is 2. The van der Waals surface area contributed by atoms with Gasteiger partial charge in [-0.25, -0.2) is 4.79 Å². The van der Waals surface area contributed by atoms with E-state index in [1.54, 1.807) is 12.1 Å². The maximum absolute atomic E-state index is 12.0. The van der Waals surface area contributed by atoms with Crippen molar-refractivity contribution < 1.29 is 29.4 Å². The van der Waals surface area contributed by atoms with Crippen molar-refractivity contribution >= 4 is 17.8 Å². The van der Waals surface area contributed by atoms with Crippen LogP contribution in [-0.2, 0) is 14.7 Å². The van der Waals surface area contributed by atoms with Crippen molar-refractivity contribution in [2.75, 3.05) is 0 Å². The molecule has 2 amide bonds. The number of carboxylic acid groups (broad SMARTS) is 1. The minimum Gasteiger partial charge on any atom is -0.479 e. The summed E-state index contributed by atoms with van der Waals surface area (Å²) in [7, 11) is 0. The van der Waals surface area contributed by atoms with E-state index in [2.05, 4.69) is 6.92 Å². The first-order valence-corrected chi connectivity index (χ1v) is 7.60. The highest BCUT2D eigenvalue weighted by molar-refractivity contribution is 6.20. The van der Waals surface area contributed by atoms with Crippen molar-refractivity contribution in [1.29, 1.82) is 0 Å². The molecule has 0 spiro atoms. The van der Waals surface area contributed by atoms with Crippen LogP contribution in [0.5, 0.6) is 0 Å². The lowest BCUT2D eigenvalue weighted by Crippen LogP contribution is -2.34. The van der Waals surface area contributed by atoms with Gasteiger partial charge in [-0.05, 0) is 18.6 Å². The molecule has 23 heavy (non-hydrogen) atoms. The third-order valence-electron chi connectivity index (χ3n) is 3.59. The molecule has 1 aromatic rings. The van der Waals surface area contributed by atoms with Crippen LogP contribution in [-0.4, -0.2) is 34.1 Å². The summed E-state index contributed by atoms with van der Waals surface area (Å²) < 4.78 is 0. The lowest BCUT2D eigenvalue weighted by molar-refractivity contribution is -0.402. The molecule has 0 bridgehead atoms. The predicted octanol–water partition coefficient (Wildman–Crippen LogP) is 2.57. The highest BCUT2D eigenvalue weighted by Crippen LogP contribution is 2.23. The molecule has 1 atom stereocenters. The maximum Gasteiger partial charge on any atom is 0.336 e. The normalized spacial score (nSPS) is 14.9. The number of hydrogen-bond donors (Lipinski definition) is 1. The summed E-state index contributed by atoms with van der Waals surface area (Å²) in [6.45, 7) is 2.05. The third kappa shape index (κ3) is 3.94. The predicted molar refractivity (Wildman–Crippen MR) is 79.3 cm³/mol. The minimum absolute atomic E-state index is 0.205. The third-order valence-corrected chi connectivity index (χ3v) is 3.59. The Morgan fingerprint density at radius 3 is 2.26 bits per heavy atom. The molecule has 2 rings (SSSR count). The van der Waals surface area contributed by atoms with Crippen molar-refractivity contribution in [2.24, 2.45) is 0 Å². The van der Waals surface area contributed by atoms with Gasteiger partial charge < -0.3 is 5.11 Å². The largest absolute Gasteiger partial charge is 0.479 e. The van der Waals surface area contributed by atoms with Crippen LogP contribution in [0.4, 0.5) is 0 Å². The molecule has 0 saturated heterocycles. The number of benzene rings is 1. The average Bonchev–Trinajstić information content (AvgIpc) is 2.79. The zero-order chi connectivity index (χ0) is 16.8. The quantitative estimate of drug-likeness (QED) is 0.325. The molecule has 1 unspecified atom stereocenters.